The van der Waals surface area contributed by atoms with Gasteiger partial charge in [0.15, 0.2) is 9.84 Å². The minimum Gasteiger partial charge on any atom is -0.340 e. The third-order valence-corrected chi connectivity index (χ3v) is 5.08. The lowest BCUT2D eigenvalue weighted by molar-refractivity contribution is -0.137. The van der Waals surface area contributed by atoms with E-state index in [1.54, 1.807) is 14.0 Å². The fourth-order valence-corrected chi connectivity index (χ4v) is 4.05. The first-order chi connectivity index (χ1) is 7.69. The van der Waals surface area contributed by atoms with E-state index in [0.717, 1.165) is 6.42 Å². The van der Waals surface area contributed by atoms with Gasteiger partial charge in [-0.25, -0.2) is 8.42 Å². The summed E-state index contributed by atoms with van der Waals surface area (Å²) in [5.74, 6) is 0.0726. The maximum Gasteiger partial charge on any atom is 0.242 e. The van der Waals surface area contributed by atoms with Crippen LogP contribution in [0.4, 0.5) is 0 Å². The Morgan fingerprint density at radius 3 is 2.44 bits per heavy atom. The lowest BCUT2D eigenvalue weighted by Crippen LogP contribution is -2.54. The fourth-order valence-electron chi connectivity index (χ4n) is 2.28. The summed E-state index contributed by atoms with van der Waals surface area (Å²) in [4.78, 5) is 13.7. The summed E-state index contributed by atoms with van der Waals surface area (Å²) in [5, 5.41) is 0. The molecule has 0 bridgehead atoms. The van der Waals surface area contributed by atoms with E-state index in [-0.39, 0.29) is 35.9 Å². The van der Waals surface area contributed by atoms with Crippen molar-refractivity contribution in [2.45, 2.75) is 44.7 Å². The number of nitrogens with two attached hydrogens (primary N) is 1. The van der Waals surface area contributed by atoms with Crippen LogP contribution in [0.1, 0.15) is 33.1 Å². The van der Waals surface area contributed by atoms with Crippen LogP contribution >= 0.6 is 12.4 Å². The topological polar surface area (TPSA) is 80.5 Å². The highest BCUT2D eigenvalue weighted by molar-refractivity contribution is 7.91. The number of rotatable bonds is 4. The molecule has 0 aromatic carbocycles. The van der Waals surface area contributed by atoms with Crippen molar-refractivity contribution < 1.29 is 13.2 Å². The van der Waals surface area contributed by atoms with Crippen molar-refractivity contribution in [2.24, 2.45) is 5.73 Å². The molecule has 0 saturated carbocycles. The molecule has 0 aromatic rings. The zero-order valence-corrected chi connectivity index (χ0v) is 12.8. The summed E-state index contributed by atoms with van der Waals surface area (Å²) in [6, 6.07) is -0.216. The second-order valence-electron chi connectivity index (χ2n) is 5.14. The summed E-state index contributed by atoms with van der Waals surface area (Å²) < 4.78 is 22.7. The van der Waals surface area contributed by atoms with E-state index in [1.165, 1.54) is 4.90 Å². The van der Waals surface area contributed by atoms with Crippen LogP contribution < -0.4 is 5.73 Å². The molecule has 0 radical (unpaired) electrons. The van der Waals surface area contributed by atoms with Gasteiger partial charge < -0.3 is 10.6 Å². The van der Waals surface area contributed by atoms with Crippen LogP contribution in [0.2, 0.25) is 0 Å². The highest BCUT2D eigenvalue weighted by Gasteiger charge is 2.37. The summed E-state index contributed by atoms with van der Waals surface area (Å²) >= 11 is 0. The number of hydrogen-bond donors (Lipinski definition) is 1. The van der Waals surface area contributed by atoms with Gasteiger partial charge in [0.25, 0.3) is 0 Å². The SMILES string of the molecule is CCCC(C)(N)C(=O)N(C)C1CCS(=O)(=O)C1.Cl. The quantitative estimate of drug-likeness (QED) is 0.823. The molecule has 1 aliphatic rings. The number of likely N-dealkylation sites (N-methyl/N-ethyl adjacent to an activating group) is 1. The fraction of sp³-hybridized carbons (Fsp3) is 0.909. The molecule has 108 valence electrons. The van der Waals surface area contributed by atoms with Gasteiger partial charge in [-0.15, -0.1) is 12.4 Å². The van der Waals surface area contributed by atoms with Crippen LogP contribution in [-0.4, -0.2) is 49.4 Å². The van der Waals surface area contributed by atoms with Crippen molar-refractivity contribution in [1.29, 1.82) is 0 Å². The maximum absolute atomic E-state index is 12.2. The van der Waals surface area contributed by atoms with E-state index in [9.17, 15) is 13.2 Å². The van der Waals surface area contributed by atoms with Gasteiger partial charge in [-0.2, -0.15) is 0 Å². The summed E-state index contributed by atoms with van der Waals surface area (Å²) in [6.07, 6.45) is 1.96. The van der Waals surface area contributed by atoms with Crippen LogP contribution in [0.3, 0.4) is 0 Å². The van der Waals surface area contributed by atoms with Gasteiger partial charge >= 0.3 is 0 Å². The predicted molar refractivity (Wildman–Crippen MR) is 74.6 cm³/mol. The monoisotopic (exact) mass is 298 g/mol. The third kappa shape index (κ3) is 4.10. The zero-order chi connectivity index (χ0) is 13.3. The Bertz CT molecular complexity index is 395. The molecule has 2 unspecified atom stereocenters. The first kappa shape index (κ1) is 17.7. The second-order valence-corrected chi connectivity index (χ2v) is 7.37. The predicted octanol–water partition coefficient (Wildman–Crippen LogP) is 0.571. The maximum atomic E-state index is 12.2. The first-order valence-electron chi connectivity index (χ1n) is 5.96. The number of amides is 1. The minimum absolute atomic E-state index is 0. The van der Waals surface area contributed by atoms with Crippen molar-refractivity contribution in [3.8, 4) is 0 Å². The molecule has 1 heterocycles. The van der Waals surface area contributed by atoms with Gasteiger partial charge in [0.2, 0.25) is 5.91 Å². The number of hydrogen-bond acceptors (Lipinski definition) is 4. The zero-order valence-electron chi connectivity index (χ0n) is 11.2. The summed E-state index contributed by atoms with van der Waals surface area (Å²) in [6.45, 7) is 3.68. The molecule has 1 amide bonds. The van der Waals surface area contributed by atoms with Crippen LogP contribution in [0.25, 0.3) is 0 Å². The second kappa shape index (κ2) is 6.21. The van der Waals surface area contributed by atoms with Crippen molar-refractivity contribution in [3.63, 3.8) is 0 Å². The van der Waals surface area contributed by atoms with Crippen LogP contribution in [-0.2, 0) is 14.6 Å². The first-order valence-corrected chi connectivity index (χ1v) is 7.78. The smallest absolute Gasteiger partial charge is 0.242 e. The van der Waals surface area contributed by atoms with Crippen molar-refractivity contribution in [2.75, 3.05) is 18.6 Å². The number of sulfone groups is 1. The lowest BCUT2D eigenvalue weighted by Gasteiger charge is -2.32. The molecule has 2 atom stereocenters. The molecule has 1 fully saturated rings. The minimum atomic E-state index is -2.97. The Morgan fingerprint density at radius 2 is 2.06 bits per heavy atom. The van der Waals surface area contributed by atoms with E-state index >= 15 is 0 Å². The summed E-state index contributed by atoms with van der Waals surface area (Å²) in [7, 11) is -1.32. The van der Waals surface area contributed by atoms with Gasteiger partial charge in [-0.3, -0.25) is 4.79 Å². The van der Waals surface area contributed by atoms with Gasteiger partial charge in [0, 0.05) is 13.1 Å². The molecule has 1 saturated heterocycles. The highest BCUT2D eigenvalue weighted by Crippen LogP contribution is 2.20. The number of halogens is 1. The molecular formula is C11H23ClN2O3S. The number of carbonyl (C=O) groups excluding carboxylic acids is 1. The Balaban J connectivity index is 0.00000289. The van der Waals surface area contributed by atoms with Crippen molar-refractivity contribution >= 4 is 28.2 Å². The number of carbonyl (C=O) groups is 1. The standard InChI is InChI=1S/C11H22N2O3S.ClH/c1-4-6-11(2,12)10(14)13(3)9-5-7-17(15,16)8-9;/h9H,4-8,12H2,1-3H3;1H. The normalized spacial score (nSPS) is 25.0. The van der Waals surface area contributed by atoms with Gasteiger partial charge in [-0.05, 0) is 19.8 Å². The Labute approximate surface area is 115 Å². The molecule has 0 aromatic heterocycles. The van der Waals surface area contributed by atoms with Crippen LogP contribution in [0, 0.1) is 0 Å². The van der Waals surface area contributed by atoms with Crippen molar-refractivity contribution in [3.05, 3.63) is 0 Å². The average Bonchev–Trinajstić information content (AvgIpc) is 2.56. The molecule has 2 N–H and O–H groups in total. The van der Waals surface area contributed by atoms with E-state index < -0.39 is 15.4 Å². The van der Waals surface area contributed by atoms with E-state index in [2.05, 4.69) is 0 Å². The third-order valence-electron chi connectivity index (χ3n) is 3.33. The molecular weight excluding hydrogens is 276 g/mol. The number of nitrogens with zero attached hydrogens (tertiary/aromatic N) is 1. The average molecular weight is 299 g/mol. The molecule has 1 aliphatic heterocycles. The molecule has 18 heavy (non-hydrogen) atoms. The van der Waals surface area contributed by atoms with E-state index in [4.69, 9.17) is 5.73 Å². The highest BCUT2D eigenvalue weighted by atomic mass is 35.5. The Morgan fingerprint density at radius 1 is 1.50 bits per heavy atom. The van der Waals surface area contributed by atoms with Crippen molar-refractivity contribution in [1.82, 2.24) is 4.90 Å². The summed E-state index contributed by atoms with van der Waals surface area (Å²) in [5.41, 5.74) is 5.07. The van der Waals surface area contributed by atoms with Gasteiger partial charge in [-0.1, -0.05) is 13.3 Å². The Kier molecular flexibility index (Phi) is 6.10. The van der Waals surface area contributed by atoms with Crippen LogP contribution in [0.15, 0.2) is 0 Å². The lowest BCUT2D eigenvalue weighted by atomic mass is 9.95. The van der Waals surface area contributed by atoms with Crippen LogP contribution in [0.5, 0.6) is 0 Å². The molecule has 0 spiro atoms. The van der Waals surface area contributed by atoms with Gasteiger partial charge in [0.05, 0.1) is 17.0 Å². The molecule has 1 rings (SSSR count). The molecule has 7 heteroatoms. The molecule has 5 nitrogen and oxygen atoms in total. The van der Waals surface area contributed by atoms with E-state index in [0.29, 0.717) is 12.8 Å². The Hall–Kier alpha value is -0.330. The van der Waals surface area contributed by atoms with Gasteiger partial charge in [0.1, 0.15) is 0 Å². The molecule has 0 aliphatic carbocycles. The largest absolute Gasteiger partial charge is 0.340 e. The van der Waals surface area contributed by atoms with E-state index in [1.807, 2.05) is 6.92 Å².